The Morgan fingerprint density at radius 1 is 1.08 bits per heavy atom. The minimum Gasteiger partial charge on any atom is -0.300 e. The minimum atomic E-state index is 0.484. The van der Waals surface area contributed by atoms with Crippen molar-refractivity contribution in [2.75, 3.05) is 13.1 Å². The van der Waals surface area contributed by atoms with E-state index in [0.717, 1.165) is 12.0 Å². The summed E-state index contributed by atoms with van der Waals surface area (Å²) in [5, 5.41) is 0. The van der Waals surface area contributed by atoms with Gasteiger partial charge in [-0.3, -0.25) is 4.90 Å². The Labute approximate surface area is 82.5 Å². The summed E-state index contributed by atoms with van der Waals surface area (Å²) in [5.41, 5.74) is 0.484. The van der Waals surface area contributed by atoms with Crippen molar-refractivity contribution in [3.63, 3.8) is 0 Å². The molecule has 1 saturated carbocycles. The Morgan fingerprint density at radius 3 is 2.08 bits per heavy atom. The third kappa shape index (κ3) is 2.25. The fraction of sp³-hybridized carbons (Fsp3) is 1.00. The highest BCUT2D eigenvalue weighted by atomic mass is 15.2. The van der Waals surface area contributed by atoms with Crippen LogP contribution in [0, 0.1) is 11.3 Å². The van der Waals surface area contributed by atoms with Gasteiger partial charge in [0.1, 0.15) is 0 Å². The summed E-state index contributed by atoms with van der Waals surface area (Å²) in [6.07, 6.45) is 5.96. The van der Waals surface area contributed by atoms with Crippen LogP contribution in [0.25, 0.3) is 0 Å². The zero-order chi connectivity index (χ0) is 9.47. The Hall–Kier alpha value is -0.0400. The molecule has 13 heavy (non-hydrogen) atoms. The Morgan fingerprint density at radius 2 is 1.69 bits per heavy atom. The van der Waals surface area contributed by atoms with E-state index in [0.29, 0.717) is 5.41 Å². The minimum absolute atomic E-state index is 0.484. The monoisotopic (exact) mass is 181 g/mol. The quantitative estimate of drug-likeness (QED) is 0.601. The standard InChI is InChI=1S/C12H23N/c1-12(2,3)9-13-8-10-4-6-11(13)7-5-10/h10-11H,4-9H2,1-3H3. The summed E-state index contributed by atoms with van der Waals surface area (Å²) in [4.78, 5) is 2.75. The van der Waals surface area contributed by atoms with Gasteiger partial charge in [0.2, 0.25) is 0 Å². The number of nitrogens with zero attached hydrogens (tertiary/aromatic N) is 1. The third-order valence-electron chi connectivity index (χ3n) is 3.50. The second-order valence-corrected chi connectivity index (χ2v) is 6.16. The topological polar surface area (TPSA) is 3.24 Å². The SMILES string of the molecule is CC(C)(C)CN1CC2CCC1CC2. The number of hydrogen-bond acceptors (Lipinski definition) is 1. The maximum absolute atomic E-state index is 2.75. The third-order valence-corrected chi connectivity index (χ3v) is 3.50. The highest BCUT2D eigenvalue weighted by molar-refractivity contribution is 4.89. The van der Waals surface area contributed by atoms with E-state index in [2.05, 4.69) is 25.7 Å². The van der Waals surface area contributed by atoms with Crippen LogP contribution in [0.3, 0.4) is 0 Å². The van der Waals surface area contributed by atoms with E-state index in [1.54, 1.807) is 0 Å². The van der Waals surface area contributed by atoms with Gasteiger partial charge < -0.3 is 0 Å². The molecule has 3 rings (SSSR count). The van der Waals surface area contributed by atoms with Gasteiger partial charge in [-0.25, -0.2) is 0 Å². The number of rotatable bonds is 1. The predicted octanol–water partition coefficient (Wildman–Crippen LogP) is 2.91. The van der Waals surface area contributed by atoms with Gasteiger partial charge in [-0.2, -0.15) is 0 Å². The highest BCUT2D eigenvalue weighted by Gasteiger charge is 2.34. The largest absolute Gasteiger partial charge is 0.300 e. The summed E-state index contributed by atoms with van der Waals surface area (Å²) < 4.78 is 0. The van der Waals surface area contributed by atoms with Crippen molar-refractivity contribution >= 4 is 0 Å². The van der Waals surface area contributed by atoms with Gasteiger partial charge in [0.15, 0.2) is 0 Å². The fourth-order valence-corrected chi connectivity index (χ4v) is 2.98. The van der Waals surface area contributed by atoms with Crippen LogP contribution in [-0.2, 0) is 0 Å². The van der Waals surface area contributed by atoms with Crippen LogP contribution in [0.2, 0.25) is 0 Å². The lowest BCUT2D eigenvalue weighted by Gasteiger charge is -2.47. The maximum Gasteiger partial charge on any atom is 0.00958 e. The second kappa shape index (κ2) is 3.27. The Kier molecular flexibility index (Phi) is 2.39. The van der Waals surface area contributed by atoms with Gasteiger partial charge in [-0.15, -0.1) is 0 Å². The van der Waals surface area contributed by atoms with Crippen LogP contribution >= 0.6 is 0 Å². The molecule has 0 N–H and O–H groups in total. The second-order valence-electron chi connectivity index (χ2n) is 6.16. The van der Waals surface area contributed by atoms with Crippen LogP contribution in [-0.4, -0.2) is 24.0 Å². The molecule has 2 saturated heterocycles. The zero-order valence-electron chi connectivity index (χ0n) is 9.34. The lowest BCUT2D eigenvalue weighted by Crippen LogP contribution is -2.50. The van der Waals surface area contributed by atoms with Gasteiger partial charge in [-0.05, 0) is 37.0 Å². The van der Waals surface area contributed by atoms with Gasteiger partial charge in [-0.1, -0.05) is 20.8 Å². The first kappa shape index (κ1) is 9.51. The Balaban J connectivity index is 1.94. The van der Waals surface area contributed by atoms with E-state index in [-0.39, 0.29) is 0 Å². The van der Waals surface area contributed by atoms with Gasteiger partial charge in [0, 0.05) is 19.1 Å². The first-order valence-electron chi connectivity index (χ1n) is 5.79. The maximum atomic E-state index is 2.75. The summed E-state index contributed by atoms with van der Waals surface area (Å²) in [5.74, 6) is 1.03. The molecule has 2 aliphatic heterocycles. The molecule has 1 heteroatoms. The molecule has 2 heterocycles. The van der Waals surface area contributed by atoms with Crippen molar-refractivity contribution in [3.8, 4) is 0 Å². The Bertz CT molecular complexity index is 172. The van der Waals surface area contributed by atoms with E-state index < -0.39 is 0 Å². The molecular formula is C12H23N. The molecule has 3 aliphatic rings. The van der Waals surface area contributed by atoms with Gasteiger partial charge in [0.25, 0.3) is 0 Å². The number of hydrogen-bond donors (Lipinski definition) is 0. The first-order valence-corrected chi connectivity index (χ1v) is 5.79. The summed E-state index contributed by atoms with van der Waals surface area (Å²) in [7, 11) is 0. The molecule has 0 spiro atoms. The van der Waals surface area contributed by atoms with E-state index in [1.165, 1.54) is 38.8 Å². The molecule has 0 atom stereocenters. The predicted molar refractivity (Wildman–Crippen MR) is 56.8 cm³/mol. The van der Waals surface area contributed by atoms with Crippen LogP contribution in [0.1, 0.15) is 46.5 Å². The van der Waals surface area contributed by atoms with E-state index in [9.17, 15) is 0 Å². The first-order chi connectivity index (χ1) is 6.04. The molecule has 0 unspecified atom stereocenters. The molecule has 0 aromatic carbocycles. The molecular weight excluding hydrogens is 158 g/mol. The van der Waals surface area contributed by atoms with E-state index in [1.807, 2.05) is 0 Å². The van der Waals surface area contributed by atoms with Gasteiger partial charge in [0.05, 0.1) is 0 Å². The van der Waals surface area contributed by atoms with Crippen LogP contribution in [0.15, 0.2) is 0 Å². The van der Waals surface area contributed by atoms with Crippen molar-refractivity contribution in [2.24, 2.45) is 11.3 Å². The lowest BCUT2D eigenvalue weighted by molar-refractivity contribution is 0.0246. The number of fused-ring (bicyclic) bond motifs is 3. The van der Waals surface area contributed by atoms with Gasteiger partial charge >= 0.3 is 0 Å². The van der Waals surface area contributed by atoms with E-state index in [4.69, 9.17) is 0 Å². The molecule has 1 nitrogen and oxygen atoms in total. The van der Waals surface area contributed by atoms with Crippen molar-refractivity contribution in [3.05, 3.63) is 0 Å². The lowest BCUT2D eigenvalue weighted by atomic mass is 9.79. The molecule has 0 aromatic heterocycles. The average Bonchev–Trinajstić information content (AvgIpc) is 2.03. The normalized spacial score (nSPS) is 35.3. The van der Waals surface area contributed by atoms with Crippen molar-refractivity contribution < 1.29 is 0 Å². The van der Waals surface area contributed by atoms with Crippen molar-refractivity contribution in [1.82, 2.24) is 4.90 Å². The molecule has 1 aliphatic carbocycles. The van der Waals surface area contributed by atoms with Crippen LogP contribution in [0.4, 0.5) is 0 Å². The molecule has 2 bridgehead atoms. The van der Waals surface area contributed by atoms with E-state index >= 15 is 0 Å². The zero-order valence-corrected chi connectivity index (χ0v) is 9.34. The van der Waals surface area contributed by atoms with Crippen LogP contribution in [0.5, 0.6) is 0 Å². The summed E-state index contributed by atoms with van der Waals surface area (Å²) in [6, 6.07) is 0.934. The molecule has 0 radical (unpaired) electrons. The molecule has 76 valence electrons. The summed E-state index contributed by atoms with van der Waals surface area (Å²) >= 11 is 0. The fourth-order valence-electron chi connectivity index (χ4n) is 2.98. The number of piperidine rings is 2. The highest BCUT2D eigenvalue weighted by Crippen LogP contribution is 2.36. The van der Waals surface area contributed by atoms with Crippen molar-refractivity contribution in [2.45, 2.75) is 52.5 Å². The molecule has 0 aromatic rings. The molecule has 0 amide bonds. The van der Waals surface area contributed by atoms with Crippen molar-refractivity contribution in [1.29, 1.82) is 0 Å². The summed E-state index contributed by atoms with van der Waals surface area (Å²) in [6.45, 7) is 9.76. The molecule has 3 fully saturated rings. The average molecular weight is 181 g/mol. The van der Waals surface area contributed by atoms with Crippen LogP contribution < -0.4 is 0 Å². The smallest absolute Gasteiger partial charge is 0.00958 e.